The fourth-order valence-electron chi connectivity index (χ4n) is 3.86. The molecular formula is C20H32N4O2. The van der Waals surface area contributed by atoms with Gasteiger partial charge in [-0.2, -0.15) is 0 Å². The van der Waals surface area contributed by atoms with Gasteiger partial charge in [-0.15, -0.1) is 0 Å². The molecule has 3 rings (SSSR count). The van der Waals surface area contributed by atoms with Crippen LogP contribution >= 0.6 is 0 Å². The third-order valence-electron chi connectivity index (χ3n) is 5.47. The molecule has 6 heteroatoms. The van der Waals surface area contributed by atoms with Crippen LogP contribution in [-0.2, 0) is 4.79 Å². The van der Waals surface area contributed by atoms with Gasteiger partial charge in [-0.05, 0) is 39.6 Å². The minimum Gasteiger partial charge on any atom is -0.492 e. The number of rotatable bonds is 6. The van der Waals surface area contributed by atoms with Crippen molar-refractivity contribution in [2.45, 2.75) is 19.4 Å². The summed E-state index contributed by atoms with van der Waals surface area (Å²) in [7, 11) is 4.24. The van der Waals surface area contributed by atoms with Crippen molar-refractivity contribution >= 4 is 11.6 Å². The number of anilines is 1. The van der Waals surface area contributed by atoms with E-state index in [1.165, 1.54) is 0 Å². The molecule has 0 aromatic heterocycles. The molecule has 2 heterocycles. The SMILES string of the molecule is CCOc1ccccc1N1CCN(C(=O)CN2CC[C@H](N(C)C)C2)CC1. The van der Waals surface area contributed by atoms with Gasteiger partial charge in [0.15, 0.2) is 0 Å². The number of likely N-dealkylation sites (N-methyl/N-ethyl adjacent to an activating group) is 1. The van der Waals surface area contributed by atoms with Crippen molar-refractivity contribution in [2.75, 3.05) is 71.4 Å². The van der Waals surface area contributed by atoms with Gasteiger partial charge in [0, 0.05) is 45.3 Å². The van der Waals surface area contributed by atoms with Crippen molar-refractivity contribution in [2.24, 2.45) is 0 Å². The second-order valence-electron chi connectivity index (χ2n) is 7.41. The molecule has 1 aromatic carbocycles. The first-order chi connectivity index (χ1) is 12.6. The Morgan fingerprint density at radius 2 is 1.88 bits per heavy atom. The monoisotopic (exact) mass is 360 g/mol. The van der Waals surface area contributed by atoms with Gasteiger partial charge >= 0.3 is 0 Å². The van der Waals surface area contributed by atoms with E-state index in [0.29, 0.717) is 19.2 Å². The molecule has 0 saturated carbocycles. The van der Waals surface area contributed by atoms with E-state index in [9.17, 15) is 4.79 Å². The summed E-state index contributed by atoms with van der Waals surface area (Å²) >= 11 is 0. The lowest BCUT2D eigenvalue weighted by Gasteiger charge is -2.37. The van der Waals surface area contributed by atoms with Crippen LogP contribution in [0.5, 0.6) is 5.75 Å². The fraction of sp³-hybridized carbons (Fsp3) is 0.650. The first kappa shape index (κ1) is 19.0. The van der Waals surface area contributed by atoms with E-state index in [-0.39, 0.29) is 5.91 Å². The highest BCUT2D eigenvalue weighted by molar-refractivity contribution is 5.78. The van der Waals surface area contributed by atoms with E-state index >= 15 is 0 Å². The van der Waals surface area contributed by atoms with Crippen molar-refractivity contribution < 1.29 is 9.53 Å². The molecule has 2 saturated heterocycles. The highest BCUT2D eigenvalue weighted by atomic mass is 16.5. The highest BCUT2D eigenvalue weighted by Crippen LogP contribution is 2.28. The van der Waals surface area contributed by atoms with Crippen molar-refractivity contribution in [3.8, 4) is 5.75 Å². The van der Waals surface area contributed by atoms with Crippen LogP contribution in [0.2, 0.25) is 0 Å². The number of para-hydroxylation sites is 2. The molecule has 1 aromatic rings. The van der Waals surface area contributed by atoms with E-state index in [2.05, 4.69) is 34.9 Å². The van der Waals surface area contributed by atoms with Crippen LogP contribution in [-0.4, -0.2) is 93.2 Å². The Hall–Kier alpha value is -1.79. The van der Waals surface area contributed by atoms with Gasteiger partial charge in [0.2, 0.25) is 5.91 Å². The first-order valence-corrected chi connectivity index (χ1v) is 9.71. The smallest absolute Gasteiger partial charge is 0.236 e. The van der Waals surface area contributed by atoms with Crippen molar-refractivity contribution in [1.82, 2.24) is 14.7 Å². The van der Waals surface area contributed by atoms with Crippen molar-refractivity contribution in [3.63, 3.8) is 0 Å². The summed E-state index contributed by atoms with van der Waals surface area (Å²) in [6.45, 7) is 8.53. The van der Waals surface area contributed by atoms with Gasteiger partial charge in [0.25, 0.3) is 0 Å². The zero-order valence-corrected chi connectivity index (χ0v) is 16.4. The molecule has 6 nitrogen and oxygen atoms in total. The summed E-state index contributed by atoms with van der Waals surface area (Å²) < 4.78 is 5.75. The average molecular weight is 361 g/mol. The van der Waals surface area contributed by atoms with Gasteiger partial charge in [0.1, 0.15) is 5.75 Å². The number of carbonyl (C=O) groups is 1. The summed E-state index contributed by atoms with van der Waals surface area (Å²) in [4.78, 5) is 21.6. The molecule has 0 unspecified atom stereocenters. The molecule has 0 N–H and O–H groups in total. The molecular weight excluding hydrogens is 328 g/mol. The van der Waals surface area contributed by atoms with E-state index in [4.69, 9.17) is 4.74 Å². The molecule has 1 amide bonds. The van der Waals surface area contributed by atoms with E-state index in [1.807, 2.05) is 30.0 Å². The Morgan fingerprint density at radius 1 is 1.15 bits per heavy atom. The Morgan fingerprint density at radius 3 is 2.54 bits per heavy atom. The Labute approximate surface area is 157 Å². The maximum Gasteiger partial charge on any atom is 0.236 e. The lowest BCUT2D eigenvalue weighted by atomic mass is 10.2. The lowest BCUT2D eigenvalue weighted by Crippen LogP contribution is -2.51. The van der Waals surface area contributed by atoms with Crippen molar-refractivity contribution in [1.29, 1.82) is 0 Å². The van der Waals surface area contributed by atoms with Crippen LogP contribution in [0.15, 0.2) is 24.3 Å². The normalized spacial score (nSPS) is 21.5. The first-order valence-electron chi connectivity index (χ1n) is 9.71. The summed E-state index contributed by atoms with van der Waals surface area (Å²) in [5, 5.41) is 0. The van der Waals surface area contributed by atoms with Crippen LogP contribution < -0.4 is 9.64 Å². The van der Waals surface area contributed by atoms with Gasteiger partial charge in [-0.3, -0.25) is 9.69 Å². The minimum absolute atomic E-state index is 0.266. The van der Waals surface area contributed by atoms with E-state index in [1.54, 1.807) is 0 Å². The predicted molar refractivity (Wildman–Crippen MR) is 105 cm³/mol. The van der Waals surface area contributed by atoms with Crippen LogP contribution in [0.4, 0.5) is 5.69 Å². The third-order valence-corrected chi connectivity index (χ3v) is 5.47. The summed E-state index contributed by atoms with van der Waals surface area (Å²) in [6, 6.07) is 8.75. The lowest BCUT2D eigenvalue weighted by molar-refractivity contribution is -0.132. The quantitative estimate of drug-likeness (QED) is 0.766. The molecule has 26 heavy (non-hydrogen) atoms. The molecule has 0 spiro atoms. The van der Waals surface area contributed by atoms with Crippen LogP contribution in [0.25, 0.3) is 0 Å². The number of hydrogen-bond donors (Lipinski definition) is 0. The molecule has 1 atom stereocenters. The highest BCUT2D eigenvalue weighted by Gasteiger charge is 2.28. The zero-order valence-electron chi connectivity index (χ0n) is 16.4. The maximum atomic E-state index is 12.7. The molecule has 2 fully saturated rings. The molecule has 0 aliphatic carbocycles. The number of benzene rings is 1. The largest absolute Gasteiger partial charge is 0.492 e. The summed E-state index contributed by atoms with van der Waals surface area (Å²) in [5.74, 6) is 1.20. The average Bonchev–Trinajstić information content (AvgIpc) is 3.11. The van der Waals surface area contributed by atoms with Crippen molar-refractivity contribution in [3.05, 3.63) is 24.3 Å². The molecule has 2 aliphatic rings. The number of carbonyl (C=O) groups excluding carboxylic acids is 1. The number of nitrogens with zero attached hydrogens (tertiary/aromatic N) is 4. The second-order valence-corrected chi connectivity index (χ2v) is 7.41. The maximum absolute atomic E-state index is 12.7. The second kappa shape index (κ2) is 8.73. The van der Waals surface area contributed by atoms with Gasteiger partial charge in [-0.25, -0.2) is 0 Å². The topological polar surface area (TPSA) is 39.3 Å². The standard InChI is InChI=1S/C20H32N4O2/c1-4-26-19-8-6-5-7-18(19)23-11-13-24(14-12-23)20(25)16-22-10-9-17(15-22)21(2)3/h5-8,17H,4,9-16H2,1-3H3/t17-/m0/s1. The van der Waals surface area contributed by atoms with Gasteiger partial charge < -0.3 is 19.4 Å². The van der Waals surface area contributed by atoms with E-state index in [0.717, 1.165) is 57.1 Å². The summed E-state index contributed by atoms with van der Waals surface area (Å²) in [6.07, 6.45) is 1.16. The Kier molecular flexibility index (Phi) is 6.38. The third kappa shape index (κ3) is 4.48. The number of likely N-dealkylation sites (tertiary alicyclic amines) is 1. The summed E-state index contributed by atoms with van der Waals surface area (Å²) in [5.41, 5.74) is 1.13. The fourth-order valence-corrected chi connectivity index (χ4v) is 3.86. The number of piperazine rings is 1. The van der Waals surface area contributed by atoms with Crippen LogP contribution in [0, 0.1) is 0 Å². The predicted octanol–water partition coefficient (Wildman–Crippen LogP) is 1.37. The van der Waals surface area contributed by atoms with Crippen LogP contribution in [0.3, 0.4) is 0 Å². The molecule has 0 bridgehead atoms. The van der Waals surface area contributed by atoms with Gasteiger partial charge in [0.05, 0.1) is 18.8 Å². The van der Waals surface area contributed by atoms with Crippen LogP contribution in [0.1, 0.15) is 13.3 Å². The Bertz CT molecular complexity index is 599. The molecule has 2 aliphatic heterocycles. The zero-order chi connectivity index (χ0) is 18.5. The van der Waals surface area contributed by atoms with Gasteiger partial charge in [-0.1, -0.05) is 12.1 Å². The number of amides is 1. The Balaban J connectivity index is 1.50. The molecule has 0 radical (unpaired) electrons. The minimum atomic E-state index is 0.266. The number of ether oxygens (including phenoxy) is 1. The molecule has 144 valence electrons. The number of hydrogen-bond acceptors (Lipinski definition) is 5. The van der Waals surface area contributed by atoms with E-state index < -0.39 is 0 Å².